The molecule has 0 spiro atoms. The van der Waals surface area contributed by atoms with Crippen molar-refractivity contribution in [3.8, 4) is 11.3 Å². The van der Waals surface area contributed by atoms with Crippen LogP contribution in [0.15, 0.2) is 79.0 Å². The van der Waals surface area contributed by atoms with Crippen LogP contribution >= 0.6 is 22.9 Å². The lowest BCUT2D eigenvalue weighted by Crippen LogP contribution is -2.23. The van der Waals surface area contributed by atoms with E-state index in [1.165, 1.54) is 11.3 Å². The van der Waals surface area contributed by atoms with E-state index in [-0.39, 0.29) is 24.5 Å². The van der Waals surface area contributed by atoms with E-state index < -0.39 is 0 Å². The van der Waals surface area contributed by atoms with E-state index in [0.717, 1.165) is 22.4 Å². The molecule has 1 amide bonds. The molecule has 0 saturated heterocycles. The first-order valence-electron chi connectivity index (χ1n) is 10.3. The zero-order chi connectivity index (χ0) is 22.3. The van der Waals surface area contributed by atoms with Crippen LogP contribution in [0.4, 0.5) is 0 Å². The molecular weight excluding hydrogens is 442 g/mol. The fourth-order valence-corrected chi connectivity index (χ4v) is 4.39. The lowest BCUT2D eigenvalue weighted by Gasteiger charge is -2.05. The summed E-state index contributed by atoms with van der Waals surface area (Å²) in [6.07, 6.45) is 2.25. The van der Waals surface area contributed by atoms with Gasteiger partial charge in [0.2, 0.25) is 5.91 Å². The van der Waals surface area contributed by atoms with Crippen molar-refractivity contribution in [1.29, 1.82) is 0 Å². The second kappa shape index (κ2) is 10.4. The van der Waals surface area contributed by atoms with Crippen LogP contribution in [-0.2, 0) is 17.9 Å². The van der Waals surface area contributed by atoms with Crippen molar-refractivity contribution in [2.24, 2.45) is 0 Å². The molecule has 0 unspecified atom stereocenters. The molecule has 2 aromatic heterocycles. The van der Waals surface area contributed by atoms with Gasteiger partial charge in [-0.3, -0.25) is 14.3 Å². The predicted octanol–water partition coefficient (Wildman–Crippen LogP) is 5.59. The summed E-state index contributed by atoms with van der Waals surface area (Å²) in [5.41, 5.74) is 3.91. The Hall–Kier alpha value is -3.22. The van der Waals surface area contributed by atoms with Gasteiger partial charge in [-0.25, -0.2) is 0 Å². The Kier molecular flexibility index (Phi) is 7.14. The summed E-state index contributed by atoms with van der Waals surface area (Å²) in [4.78, 5) is 25.2. The minimum absolute atomic E-state index is 0.0716. The number of rotatable bonds is 9. The molecule has 5 nitrogen and oxygen atoms in total. The average Bonchev–Trinajstić information content (AvgIpc) is 3.43. The van der Waals surface area contributed by atoms with Crippen LogP contribution in [0.5, 0.6) is 0 Å². The monoisotopic (exact) mass is 463 g/mol. The molecular formula is C25H22ClN3O2S. The summed E-state index contributed by atoms with van der Waals surface area (Å²) in [6.45, 7) is 0.989. The molecule has 0 atom stereocenters. The van der Waals surface area contributed by atoms with E-state index >= 15 is 0 Å². The minimum Gasteiger partial charge on any atom is -0.352 e. The Bertz CT molecular complexity index is 1200. The summed E-state index contributed by atoms with van der Waals surface area (Å²) >= 11 is 7.12. The number of carbonyl (C=O) groups excluding carboxylic acids is 2. The van der Waals surface area contributed by atoms with Crippen LogP contribution < -0.4 is 5.32 Å². The highest BCUT2D eigenvalue weighted by Gasteiger charge is 2.14. The molecule has 162 valence electrons. The molecule has 0 saturated carbocycles. The Labute approximate surface area is 195 Å². The molecule has 0 fully saturated rings. The number of Topliss-reactive ketones (excluding diaryl/α,β-unsaturated/α-hetero) is 1. The Morgan fingerprint density at radius 1 is 0.938 bits per heavy atom. The van der Waals surface area contributed by atoms with Gasteiger partial charge in [-0.15, -0.1) is 11.3 Å². The SMILES string of the molecule is O=C(CCC(=O)c1ccc(Cl)s1)NCc1cn(Cc2ccccc2)nc1-c1ccccc1. The van der Waals surface area contributed by atoms with Gasteiger partial charge in [0.25, 0.3) is 0 Å². The van der Waals surface area contributed by atoms with Crippen molar-refractivity contribution in [3.05, 3.63) is 99.3 Å². The molecule has 2 aromatic carbocycles. The number of hydrogen-bond donors (Lipinski definition) is 1. The molecule has 4 aromatic rings. The maximum Gasteiger partial charge on any atom is 0.220 e. The average molecular weight is 464 g/mol. The van der Waals surface area contributed by atoms with Crippen molar-refractivity contribution >= 4 is 34.6 Å². The number of hydrogen-bond acceptors (Lipinski definition) is 4. The third kappa shape index (κ3) is 5.72. The number of amides is 1. The largest absolute Gasteiger partial charge is 0.352 e. The second-order valence-electron chi connectivity index (χ2n) is 7.36. The van der Waals surface area contributed by atoms with Crippen molar-refractivity contribution in [1.82, 2.24) is 15.1 Å². The normalized spacial score (nSPS) is 10.8. The molecule has 32 heavy (non-hydrogen) atoms. The highest BCUT2D eigenvalue weighted by atomic mass is 35.5. The third-order valence-corrected chi connectivity index (χ3v) is 6.25. The van der Waals surface area contributed by atoms with E-state index in [1.807, 2.05) is 59.4 Å². The van der Waals surface area contributed by atoms with Crippen LogP contribution in [0.2, 0.25) is 4.34 Å². The molecule has 1 N–H and O–H groups in total. The highest BCUT2D eigenvalue weighted by Crippen LogP contribution is 2.24. The number of nitrogens with zero attached hydrogens (tertiary/aromatic N) is 2. The van der Waals surface area contributed by atoms with Gasteiger partial charge in [-0.1, -0.05) is 72.3 Å². The first-order valence-corrected chi connectivity index (χ1v) is 11.5. The number of carbonyl (C=O) groups is 2. The molecule has 0 bridgehead atoms. The maximum absolute atomic E-state index is 12.4. The second-order valence-corrected chi connectivity index (χ2v) is 9.07. The fraction of sp³-hybridized carbons (Fsp3) is 0.160. The van der Waals surface area contributed by atoms with Gasteiger partial charge in [-0.05, 0) is 17.7 Å². The third-order valence-electron chi connectivity index (χ3n) is 4.98. The van der Waals surface area contributed by atoms with Crippen molar-refractivity contribution < 1.29 is 9.59 Å². The summed E-state index contributed by atoms with van der Waals surface area (Å²) in [5, 5.41) is 7.70. The summed E-state index contributed by atoms with van der Waals surface area (Å²) in [7, 11) is 0. The van der Waals surface area contributed by atoms with Crippen molar-refractivity contribution in [2.45, 2.75) is 25.9 Å². The Morgan fingerprint density at radius 2 is 1.66 bits per heavy atom. The first kappa shape index (κ1) is 22.0. The van der Waals surface area contributed by atoms with E-state index in [4.69, 9.17) is 16.7 Å². The zero-order valence-corrected chi connectivity index (χ0v) is 18.9. The van der Waals surface area contributed by atoms with Crippen LogP contribution in [0.1, 0.15) is 33.6 Å². The number of benzene rings is 2. The van der Waals surface area contributed by atoms with E-state index in [2.05, 4.69) is 17.4 Å². The van der Waals surface area contributed by atoms with Crippen LogP contribution in [0, 0.1) is 0 Å². The molecule has 2 heterocycles. The van der Waals surface area contributed by atoms with Gasteiger partial charge < -0.3 is 5.32 Å². The van der Waals surface area contributed by atoms with Gasteiger partial charge in [0.15, 0.2) is 5.78 Å². The lowest BCUT2D eigenvalue weighted by atomic mass is 10.1. The standard InChI is InChI=1S/C25H22ClN3O2S/c26-23-13-12-22(32-23)21(30)11-14-24(31)27-15-20-17-29(16-18-7-3-1-4-8-18)28-25(20)19-9-5-2-6-10-19/h1-10,12-13,17H,11,14-16H2,(H,27,31). The highest BCUT2D eigenvalue weighted by molar-refractivity contribution is 7.18. The van der Waals surface area contributed by atoms with Gasteiger partial charge in [0.05, 0.1) is 21.5 Å². The number of halogens is 1. The smallest absolute Gasteiger partial charge is 0.220 e. The fourth-order valence-electron chi connectivity index (χ4n) is 3.38. The lowest BCUT2D eigenvalue weighted by molar-refractivity contribution is -0.121. The van der Waals surface area contributed by atoms with E-state index in [9.17, 15) is 9.59 Å². The quantitative estimate of drug-likeness (QED) is 0.329. The number of nitrogens with one attached hydrogen (secondary N) is 1. The van der Waals surface area contributed by atoms with Crippen molar-refractivity contribution in [3.63, 3.8) is 0 Å². The molecule has 0 aliphatic heterocycles. The Morgan fingerprint density at radius 3 is 2.34 bits per heavy atom. The van der Waals surface area contributed by atoms with Crippen LogP contribution in [-0.4, -0.2) is 21.5 Å². The molecule has 0 aliphatic carbocycles. The number of ketones is 1. The number of thiophene rings is 1. The van der Waals surface area contributed by atoms with Crippen LogP contribution in [0.25, 0.3) is 11.3 Å². The summed E-state index contributed by atoms with van der Waals surface area (Å²) in [5.74, 6) is -0.242. The van der Waals surface area contributed by atoms with Gasteiger partial charge in [0, 0.05) is 36.7 Å². The molecule has 7 heteroatoms. The van der Waals surface area contributed by atoms with Crippen LogP contribution in [0.3, 0.4) is 0 Å². The molecule has 4 rings (SSSR count). The van der Waals surface area contributed by atoms with Gasteiger partial charge in [-0.2, -0.15) is 5.10 Å². The summed E-state index contributed by atoms with van der Waals surface area (Å²) < 4.78 is 2.46. The topological polar surface area (TPSA) is 64.0 Å². The maximum atomic E-state index is 12.4. The molecule has 0 aliphatic rings. The van der Waals surface area contributed by atoms with Crippen molar-refractivity contribution in [2.75, 3.05) is 0 Å². The van der Waals surface area contributed by atoms with Gasteiger partial charge >= 0.3 is 0 Å². The first-order chi connectivity index (χ1) is 15.6. The zero-order valence-electron chi connectivity index (χ0n) is 17.3. The predicted molar refractivity (Wildman–Crippen MR) is 128 cm³/mol. The van der Waals surface area contributed by atoms with E-state index in [1.54, 1.807) is 12.1 Å². The minimum atomic E-state index is -0.171. The van der Waals surface area contributed by atoms with E-state index in [0.29, 0.717) is 22.3 Å². The summed E-state index contributed by atoms with van der Waals surface area (Å²) in [6, 6.07) is 23.4. The Balaban J connectivity index is 1.42. The van der Waals surface area contributed by atoms with Gasteiger partial charge in [0.1, 0.15) is 0 Å². The number of aromatic nitrogens is 2. The molecule has 0 radical (unpaired) electrons.